The zero-order chi connectivity index (χ0) is 37.0. The first-order valence-electron chi connectivity index (χ1n) is 19.2. The zero-order valence-electron chi connectivity index (χ0n) is 30.6. The van der Waals surface area contributed by atoms with Crippen molar-refractivity contribution in [2.24, 2.45) is 0 Å². The molecule has 262 valence electrons. The summed E-state index contributed by atoms with van der Waals surface area (Å²) in [5.74, 6) is 0. The average molecular weight is 730 g/mol. The predicted molar refractivity (Wildman–Crippen MR) is 243 cm³/mol. The number of nitrogens with zero attached hydrogens (tertiary/aromatic N) is 1. The Bertz CT molecular complexity index is 3260. The molecule has 0 unspecified atom stereocenters. The van der Waals surface area contributed by atoms with Gasteiger partial charge in [0.05, 0.1) is 16.1 Å². The van der Waals surface area contributed by atoms with Crippen LogP contribution in [0, 0.1) is 0 Å². The summed E-state index contributed by atoms with van der Waals surface area (Å²) in [5.41, 5.74) is 10.7. The molecule has 0 radical (unpaired) electrons. The standard InChI is InChI=1S/C54H35NS/c1-3-19-42-36(14-1)16-12-25-43(42)38-17-11-18-39(34-38)45-21-7-9-27-51(45)55(52-28-13-26-49-48-24-8-10-29-53(48)56-54(49)52)41-32-30-37(31-33-41)50-35-40-15-2-4-20-44(40)46-22-5-6-23-47(46)50/h1-35H. The average Bonchev–Trinajstić information content (AvgIpc) is 3.66. The van der Waals surface area contributed by atoms with Gasteiger partial charge in [0.25, 0.3) is 0 Å². The van der Waals surface area contributed by atoms with E-state index >= 15 is 0 Å². The first kappa shape index (κ1) is 32.4. The summed E-state index contributed by atoms with van der Waals surface area (Å²) in [4.78, 5) is 2.47. The third-order valence-electron chi connectivity index (χ3n) is 11.2. The minimum absolute atomic E-state index is 1.11. The minimum Gasteiger partial charge on any atom is -0.308 e. The number of rotatable bonds is 6. The van der Waals surface area contributed by atoms with Gasteiger partial charge in [-0.05, 0) is 103 Å². The molecule has 0 saturated carbocycles. The van der Waals surface area contributed by atoms with Crippen LogP contribution >= 0.6 is 11.3 Å². The summed E-state index contributed by atoms with van der Waals surface area (Å²) < 4.78 is 2.57. The monoisotopic (exact) mass is 729 g/mol. The molecule has 11 aromatic rings. The third kappa shape index (κ3) is 5.38. The van der Waals surface area contributed by atoms with Crippen molar-refractivity contribution in [3.8, 4) is 33.4 Å². The third-order valence-corrected chi connectivity index (χ3v) is 12.5. The lowest BCUT2D eigenvalue weighted by Crippen LogP contribution is -2.11. The van der Waals surface area contributed by atoms with Gasteiger partial charge in [-0.3, -0.25) is 0 Å². The molecule has 56 heavy (non-hydrogen) atoms. The van der Waals surface area contributed by atoms with Crippen molar-refractivity contribution in [3.05, 3.63) is 212 Å². The second kappa shape index (κ2) is 13.4. The molecule has 0 amide bonds. The maximum absolute atomic E-state index is 2.47. The molecule has 0 aliphatic carbocycles. The molecule has 11 rings (SSSR count). The molecule has 1 aromatic heterocycles. The van der Waals surface area contributed by atoms with Crippen LogP contribution in [0.5, 0.6) is 0 Å². The molecular weight excluding hydrogens is 695 g/mol. The summed E-state index contributed by atoms with van der Waals surface area (Å²) in [6, 6.07) is 77.7. The van der Waals surface area contributed by atoms with Crippen LogP contribution in [0.1, 0.15) is 0 Å². The van der Waals surface area contributed by atoms with Crippen LogP contribution < -0.4 is 4.90 Å². The van der Waals surface area contributed by atoms with Crippen molar-refractivity contribution in [1.29, 1.82) is 0 Å². The van der Waals surface area contributed by atoms with E-state index in [9.17, 15) is 0 Å². The first-order chi connectivity index (χ1) is 27.8. The molecule has 0 bridgehead atoms. The minimum atomic E-state index is 1.11. The normalized spacial score (nSPS) is 11.6. The Kier molecular flexibility index (Phi) is 7.75. The number of anilines is 3. The summed E-state index contributed by atoms with van der Waals surface area (Å²) in [6.07, 6.45) is 0. The van der Waals surface area contributed by atoms with Crippen molar-refractivity contribution in [2.45, 2.75) is 0 Å². The van der Waals surface area contributed by atoms with Gasteiger partial charge in [0.2, 0.25) is 0 Å². The molecule has 0 aliphatic heterocycles. The van der Waals surface area contributed by atoms with E-state index in [1.165, 1.54) is 91.6 Å². The van der Waals surface area contributed by atoms with E-state index in [2.05, 4.69) is 217 Å². The topological polar surface area (TPSA) is 3.24 Å². The highest BCUT2D eigenvalue weighted by Crippen LogP contribution is 2.48. The lowest BCUT2D eigenvalue weighted by atomic mass is 9.93. The summed E-state index contributed by atoms with van der Waals surface area (Å²) in [5, 5.41) is 10.2. The molecular formula is C54H35NS. The number of fused-ring (bicyclic) bond motifs is 7. The quantitative estimate of drug-likeness (QED) is 0.154. The van der Waals surface area contributed by atoms with Gasteiger partial charge in [-0.15, -0.1) is 11.3 Å². The van der Waals surface area contributed by atoms with Crippen molar-refractivity contribution >= 4 is 80.9 Å². The van der Waals surface area contributed by atoms with Gasteiger partial charge in [-0.2, -0.15) is 0 Å². The molecule has 0 N–H and O–H groups in total. The van der Waals surface area contributed by atoms with E-state index in [-0.39, 0.29) is 0 Å². The van der Waals surface area contributed by atoms with Crippen molar-refractivity contribution in [3.63, 3.8) is 0 Å². The highest BCUT2D eigenvalue weighted by Gasteiger charge is 2.21. The van der Waals surface area contributed by atoms with Crippen LogP contribution in [0.3, 0.4) is 0 Å². The lowest BCUT2D eigenvalue weighted by Gasteiger charge is -2.28. The van der Waals surface area contributed by atoms with E-state index < -0.39 is 0 Å². The van der Waals surface area contributed by atoms with Crippen LogP contribution in [-0.2, 0) is 0 Å². The smallest absolute Gasteiger partial charge is 0.0640 e. The van der Waals surface area contributed by atoms with E-state index in [4.69, 9.17) is 0 Å². The molecule has 0 aliphatic rings. The van der Waals surface area contributed by atoms with Crippen LogP contribution in [0.15, 0.2) is 212 Å². The van der Waals surface area contributed by atoms with Gasteiger partial charge in [0, 0.05) is 26.7 Å². The molecule has 0 spiro atoms. The Balaban J connectivity index is 1.11. The Hall–Kier alpha value is -7.00. The SMILES string of the molecule is c1cc(-c2ccccc2N(c2ccc(-c3cc4ccccc4c4ccccc34)cc2)c2cccc3c2sc2ccccc23)cc(-c2cccc3ccccc23)c1. The predicted octanol–water partition coefficient (Wildman–Crippen LogP) is 16.0. The lowest BCUT2D eigenvalue weighted by molar-refractivity contribution is 1.30. The van der Waals surface area contributed by atoms with Crippen molar-refractivity contribution in [1.82, 2.24) is 0 Å². The Morgan fingerprint density at radius 2 is 0.875 bits per heavy atom. The molecule has 0 saturated heterocycles. The maximum Gasteiger partial charge on any atom is 0.0640 e. The molecule has 1 nitrogen and oxygen atoms in total. The van der Waals surface area contributed by atoms with Crippen molar-refractivity contribution in [2.75, 3.05) is 4.90 Å². The molecule has 10 aromatic carbocycles. The van der Waals surface area contributed by atoms with E-state index in [0.29, 0.717) is 0 Å². The number of benzene rings is 10. The fraction of sp³-hybridized carbons (Fsp3) is 0. The second-order valence-corrected chi connectivity index (χ2v) is 15.5. The van der Waals surface area contributed by atoms with Crippen LogP contribution in [0.2, 0.25) is 0 Å². The molecule has 1 heterocycles. The van der Waals surface area contributed by atoms with Gasteiger partial charge in [0.15, 0.2) is 0 Å². The summed E-state index contributed by atoms with van der Waals surface area (Å²) in [6.45, 7) is 0. The zero-order valence-corrected chi connectivity index (χ0v) is 31.4. The van der Waals surface area contributed by atoms with E-state index in [1.54, 1.807) is 0 Å². The van der Waals surface area contributed by atoms with Crippen LogP contribution in [0.25, 0.3) is 85.9 Å². The number of hydrogen-bond donors (Lipinski definition) is 0. The van der Waals surface area contributed by atoms with E-state index in [0.717, 1.165) is 11.4 Å². The van der Waals surface area contributed by atoms with Gasteiger partial charge in [0.1, 0.15) is 0 Å². The van der Waals surface area contributed by atoms with Gasteiger partial charge >= 0.3 is 0 Å². The Morgan fingerprint density at radius 1 is 0.304 bits per heavy atom. The number of hydrogen-bond acceptors (Lipinski definition) is 2. The number of thiophene rings is 1. The summed E-state index contributed by atoms with van der Waals surface area (Å²) in [7, 11) is 0. The maximum atomic E-state index is 2.47. The van der Waals surface area contributed by atoms with Crippen molar-refractivity contribution < 1.29 is 0 Å². The van der Waals surface area contributed by atoms with Crippen LogP contribution in [0.4, 0.5) is 17.1 Å². The highest BCUT2D eigenvalue weighted by atomic mass is 32.1. The number of para-hydroxylation sites is 1. The molecule has 0 atom stereocenters. The summed E-state index contributed by atoms with van der Waals surface area (Å²) >= 11 is 1.87. The fourth-order valence-electron chi connectivity index (χ4n) is 8.64. The first-order valence-corrected chi connectivity index (χ1v) is 20.0. The fourth-order valence-corrected chi connectivity index (χ4v) is 9.85. The van der Waals surface area contributed by atoms with E-state index in [1.807, 2.05) is 11.3 Å². The molecule has 0 fully saturated rings. The Labute approximate surface area is 330 Å². The Morgan fingerprint density at radius 3 is 1.73 bits per heavy atom. The second-order valence-electron chi connectivity index (χ2n) is 14.4. The van der Waals surface area contributed by atoms with Crippen LogP contribution in [-0.4, -0.2) is 0 Å². The highest BCUT2D eigenvalue weighted by molar-refractivity contribution is 7.26. The van der Waals surface area contributed by atoms with Gasteiger partial charge < -0.3 is 4.90 Å². The van der Waals surface area contributed by atoms with Gasteiger partial charge in [-0.25, -0.2) is 0 Å². The molecule has 2 heteroatoms. The van der Waals surface area contributed by atoms with Gasteiger partial charge in [-0.1, -0.05) is 170 Å². The largest absolute Gasteiger partial charge is 0.308 e.